The van der Waals surface area contributed by atoms with Crippen molar-refractivity contribution in [3.8, 4) is 0 Å². The highest BCUT2D eigenvalue weighted by molar-refractivity contribution is 6.30. The van der Waals surface area contributed by atoms with Gasteiger partial charge in [-0.05, 0) is 48.1 Å². The molecule has 1 aromatic heterocycles. The monoisotopic (exact) mass is 480 g/mol. The molecule has 34 heavy (non-hydrogen) atoms. The lowest BCUT2D eigenvalue weighted by atomic mass is 9.78. The molecule has 2 aromatic carbocycles. The van der Waals surface area contributed by atoms with Crippen molar-refractivity contribution in [2.45, 2.75) is 51.1 Å². The van der Waals surface area contributed by atoms with Crippen molar-refractivity contribution in [1.29, 1.82) is 0 Å². The van der Waals surface area contributed by atoms with Gasteiger partial charge in [0.25, 0.3) is 0 Å². The Morgan fingerprint density at radius 1 is 1.12 bits per heavy atom. The molecule has 0 saturated heterocycles. The summed E-state index contributed by atoms with van der Waals surface area (Å²) in [7, 11) is 0. The molecule has 7 nitrogen and oxygen atoms in total. The molecule has 0 unspecified atom stereocenters. The molecule has 1 aliphatic rings. The SMILES string of the molecule is CC(C)[C@H](NC(=O)[C@]1(NC(=O)Cc2ccc(Cl)cc2)CCc2[nH]c3ccccc3c2C1)C(N)=O. The Bertz CT molecular complexity index is 1230. The van der Waals surface area contributed by atoms with Gasteiger partial charge in [0.2, 0.25) is 17.7 Å². The number of benzene rings is 2. The number of nitrogens with two attached hydrogens (primary N) is 1. The smallest absolute Gasteiger partial charge is 0.246 e. The Balaban J connectivity index is 1.66. The van der Waals surface area contributed by atoms with Gasteiger partial charge in [0, 0.05) is 28.0 Å². The van der Waals surface area contributed by atoms with E-state index < -0.39 is 23.4 Å². The van der Waals surface area contributed by atoms with Gasteiger partial charge < -0.3 is 21.4 Å². The predicted molar refractivity (Wildman–Crippen MR) is 132 cm³/mol. The van der Waals surface area contributed by atoms with Crippen molar-refractivity contribution < 1.29 is 14.4 Å². The normalized spacial score (nSPS) is 18.4. The zero-order valence-corrected chi connectivity index (χ0v) is 20.0. The maximum atomic E-state index is 13.7. The van der Waals surface area contributed by atoms with E-state index in [1.54, 1.807) is 24.3 Å². The Hall–Kier alpha value is -3.32. The number of aryl methyl sites for hydroxylation is 1. The summed E-state index contributed by atoms with van der Waals surface area (Å²) in [5.41, 5.74) is 8.20. The number of carbonyl (C=O) groups excluding carboxylic acids is 3. The molecule has 3 amide bonds. The van der Waals surface area contributed by atoms with Crippen LogP contribution in [0.4, 0.5) is 0 Å². The Kier molecular flexibility index (Phi) is 6.66. The summed E-state index contributed by atoms with van der Waals surface area (Å²) in [6, 6.07) is 14.1. The summed E-state index contributed by atoms with van der Waals surface area (Å²) >= 11 is 5.96. The van der Waals surface area contributed by atoms with Crippen LogP contribution in [-0.4, -0.2) is 34.3 Å². The van der Waals surface area contributed by atoms with Gasteiger partial charge in [-0.1, -0.05) is 55.8 Å². The summed E-state index contributed by atoms with van der Waals surface area (Å²) in [6.45, 7) is 3.64. The van der Waals surface area contributed by atoms with Gasteiger partial charge in [-0.3, -0.25) is 14.4 Å². The topological polar surface area (TPSA) is 117 Å². The second-order valence-corrected chi connectivity index (χ2v) is 9.77. The zero-order valence-electron chi connectivity index (χ0n) is 19.3. The Labute approximate surface area is 203 Å². The summed E-state index contributed by atoms with van der Waals surface area (Å²) in [5, 5.41) is 7.46. The average Bonchev–Trinajstić information content (AvgIpc) is 3.16. The van der Waals surface area contributed by atoms with E-state index in [2.05, 4.69) is 15.6 Å². The largest absolute Gasteiger partial charge is 0.368 e. The minimum atomic E-state index is -1.20. The lowest BCUT2D eigenvalue weighted by Gasteiger charge is -2.38. The van der Waals surface area contributed by atoms with Gasteiger partial charge in [0.05, 0.1) is 6.42 Å². The number of rotatable bonds is 7. The summed E-state index contributed by atoms with van der Waals surface area (Å²) in [6.07, 6.45) is 1.40. The highest BCUT2D eigenvalue weighted by atomic mass is 35.5. The number of para-hydroxylation sites is 1. The number of carbonyl (C=O) groups is 3. The van der Waals surface area contributed by atoms with Crippen LogP contribution in [0.25, 0.3) is 10.9 Å². The second kappa shape index (κ2) is 9.50. The van der Waals surface area contributed by atoms with Crippen molar-refractivity contribution in [3.63, 3.8) is 0 Å². The van der Waals surface area contributed by atoms with E-state index in [9.17, 15) is 14.4 Å². The summed E-state index contributed by atoms with van der Waals surface area (Å²) < 4.78 is 0. The number of H-pyrrole nitrogens is 1. The van der Waals surface area contributed by atoms with Gasteiger partial charge in [-0.2, -0.15) is 0 Å². The van der Waals surface area contributed by atoms with E-state index in [0.29, 0.717) is 24.3 Å². The third-order valence-electron chi connectivity index (χ3n) is 6.53. The van der Waals surface area contributed by atoms with Crippen LogP contribution in [0.5, 0.6) is 0 Å². The maximum Gasteiger partial charge on any atom is 0.246 e. The number of amides is 3. The molecule has 2 atom stereocenters. The number of fused-ring (bicyclic) bond motifs is 3. The molecule has 1 heterocycles. The number of aromatic nitrogens is 1. The third-order valence-corrected chi connectivity index (χ3v) is 6.79. The van der Waals surface area contributed by atoms with Crippen molar-refractivity contribution >= 4 is 40.2 Å². The standard InChI is InChI=1S/C26H29ClN4O3/c1-15(2)23(24(28)33)30-25(34)26(31-22(32)13-16-7-9-17(27)10-8-16)12-11-21-19(14-26)18-5-3-4-6-20(18)29-21/h3-10,15,23,29H,11-14H2,1-2H3,(H2,28,33)(H,30,34)(H,31,32)/t23-,26-/m0/s1. The molecule has 4 rings (SSSR count). The van der Waals surface area contributed by atoms with Gasteiger partial charge >= 0.3 is 0 Å². The number of hydrogen-bond donors (Lipinski definition) is 4. The number of aromatic amines is 1. The van der Waals surface area contributed by atoms with Crippen LogP contribution in [0, 0.1) is 5.92 Å². The number of primary amides is 1. The molecule has 178 valence electrons. The number of halogens is 1. The van der Waals surface area contributed by atoms with Crippen molar-refractivity contribution in [1.82, 2.24) is 15.6 Å². The quantitative estimate of drug-likeness (QED) is 0.416. The number of nitrogens with one attached hydrogen (secondary N) is 3. The fourth-order valence-corrected chi connectivity index (χ4v) is 4.83. The second-order valence-electron chi connectivity index (χ2n) is 9.34. The molecule has 0 aliphatic heterocycles. The first-order chi connectivity index (χ1) is 16.2. The highest BCUT2D eigenvalue weighted by Gasteiger charge is 2.45. The van der Waals surface area contributed by atoms with Gasteiger partial charge in [0.15, 0.2) is 0 Å². The first-order valence-corrected chi connectivity index (χ1v) is 11.8. The van der Waals surface area contributed by atoms with Gasteiger partial charge in [-0.25, -0.2) is 0 Å². The molecule has 1 aliphatic carbocycles. The average molecular weight is 481 g/mol. The Morgan fingerprint density at radius 3 is 2.50 bits per heavy atom. The summed E-state index contributed by atoms with van der Waals surface area (Å²) in [5.74, 6) is -1.46. The fourth-order valence-electron chi connectivity index (χ4n) is 4.70. The fraction of sp³-hybridized carbons (Fsp3) is 0.346. The molecule has 3 aromatic rings. The van der Waals surface area contributed by atoms with Crippen LogP contribution >= 0.6 is 11.6 Å². The van der Waals surface area contributed by atoms with Crippen LogP contribution in [0.3, 0.4) is 0 Å². The highest BCUT2D eigenvalue weighted by Crippen LogP contribution is 2.34. The molecule has 0 bridgehead atoms. The van der Waals surface area contributed by atoms with Crippen LogP contribution in [0.1, 0.15) is 37.1 Å². The predicted octanol–water partition coefficient (Wildman–Crippen LogP) is 3.03. The minimum Gasteiger partial charge on any atom is -0.368 e. The van der Waals surface area contributed by atoms with Crippen LogP contribution < -0.4 is 16.4 Å². The molecule has 0 fully saturated rings. The molecule has 0 spiro atoms. The van der Waals surface area contributed by atoms with Crippen LogP contribution in [-0.2, 0) is 33.6 Å². The Morgan fingerprint density at radius 2 is 1.82 bits per heavy atom. The molecule has 0 radical (unpaired) electrons. The van der Waals surface area contributed by atoms with E-state index in [1.807, 2.05) is 38.1 Å². The van der Waals surface area contributed by atoms with Crippen LogP contribution in [0.2, 0.25) is 5.02 Å². The lowest BCUT2D eigenvalue weighted by Crippen LogP contribution is -2.64. The molecular weight excluding hydrogens is 452 g/mol. The van der Waals surface area contributed by atoms with E-state index in [1.165, 1.54) is 0 Å². The van der Waals surface area contributed by atoms with E-state index in [-0.39, 0.29) is 18.2 Å². The number of hydrogen-bond acceptors (Lipinski definition) is 3. The third kappa shape index (κ3) is 4.80. The van der Waals surface area contributed by atoms with Gasteiger partial charge in [-0.15, -0.1) is 0 Å². The van der Waals surface area contributed by atoms with Crippen molar-refractivity contribution in [2.24, 2.45) is 11.7 Å². The van der Waals surface area contributed by atoms with E-state index >= 15 is 0 Å². The maximum absolute atomic E-state index is 13.7. The zero-order chi connectivity index (χ0) is 24.5. The van der Waals surface area contributed by atoms with E-state index in [4.69, 9.17) is 17.3 Å². The van der Waals surface area contributed by atoms with Gasteiger partial charge in [0.1, 0.15) is 11.6 Å². The molecule has 8 heteroatoms. The minimum absolute atomic E-state index is 0.108. The lowest BCUT2D eigenvalue weighted by molar-refractivity contribution is -0.136. The summed E-state index contributed by atoms with van der Waals surface area (Å²) in [4.78, 5) is 42.2. The first kappa shape index (κ1) is 23.8. The first-order valence-electron chi connectivity index (χ1n) is 11.4. The molecular formula is C26H29ClN4O3. The molecule has 0 saturated carbocycles. The van der Waals surface area contributed by atoms with Crippen molar-refractivity contribution in [2.75, 3.05) is 0 Å². The van der Waals surface area contributed by atoms with Crippen LogP contribution in [0.15, 0.2) is 48.5 Å². The van der Waals surface area contributed by atoms with Crippen molar-refractivity contribution in [3.05, 3.63) is 70.4 Å². The molecule has 5 N–H and O–H groups in total. The van der Waals surface area contributed by atoms with E-state index in [0.717, 1.165) is 27.7 Å².